The molecule has 2 aromatic rings. The van der Waals surface area contributed by atoms with E-state index in [4.69, 9.17) is 9.47 Å². The first kappa shape index (κ1) is 20.9. The van der Waals surface area contributed by atoms with Gasteiger partial charge in [-0.2, -0.15) is 0 Å². The number of phenolic OH excluding ortho intramolecular Hbond substituents is 1. The van der Waals surface area contributed by atoms with Crippen molar-refractivity contribution in [3.05, 3.63) is 59.7 Å². The van der Waals surface area contributed by atoms with Gasteiger partial charge in [-0.25, -0.2) is 4.79 Å². The van der Waals surface area contributed by atoms with Crippen molar-refractivity contribution in [3.63, 3.8) is 0 Å². The Morgan fingerprint density at radius 2 is 1.87 bits per heavy atom. The molecule has 4 unspecified atom stereocenters. The molecule has 2 saturated heterocycles. The third-order valence-electron chi connectivity index (χ3n) is 6.17. The van der Waals surface area contributed by atoms with Gasteiger partial charge in [-0.15, -0.1) is 0 Å². The monoisotopic (exact) mass is 424 g/mol. The summed E-state index contributed by atoms with van der Waals surface area (Å²) in [6, 6.07) is 12.9. The topological polar surface area (TPSA) is 105 Å². The summed E-state index contributed by atoms with van der Waals surface area (Å²) in [7, 11) is 2.85. The van der Waals surface area contributed by atoms with E-state index in [0.717, 1.165) is 4.90 Å². The highest BCUT2D eigenvalue weighted by atomic mass is 16.5. The number of esters is 1. The third kappa shape index (κ3) is 2.97. The smallest absolute Gasteiger partial charge is 0.331 e. The molecule has 162 valence electrons. The molecule has 4 atom stereocenters. The average Bonchev–Trinajstić information content (AvgIpc) is 3.25. The molecule has 2 aliphatic heterocycles. The van der Waals surface area contributed by atoms with Gasteiger partial charge in [0.2, 0.25) is 11.8 Å². The molecule has 2 N–H and O–H groups in total. The van der Waals surface area contributed by atoms with Crippen LogP contribution in [0.15, 0.2) is 48.5 Å². The van der Waals surface area contributed by atoms with Crippen LogP contribution in [0.25, 0.3) is 0 Å². The Hall–Kier alpha value is -3.39. The highest BCUT2D eigenvalue weighted by molar-refractivity contribution is 6.09. The fourth-order valence-electron chi connectivity index (χ4n) is 4.74. The van der Waals surface area contributed by atoms with Crippen molar-refractivity contribution in [1.82, 2.24) is 10.2 Å². The molecule has 0 bridgehead atoms. The van der Waals surface area contributed by atoms with Gasteiger partial charge in [-0.05, 0) is 30.2 Å². The lowest BCUT2D eigenvalue weighted by Crippen LogP contribution is -2.53. The normalized spacial score (nSPS) is 27.3. The zero-order valence-corrected chi connectivity index (χ0v) is 17.5. The van der Waals surface area contributed by atoms with Crippen LogP contribution in [-0.2, 0) is 24.7 Å². The van der Waals surface area contributed by atoms with Gasteiger partial charge in [0.1, 0.15) is 0 Å². The number of likely N-dealkylation sites (tertiary alicyclic amines) is 1. The number of carbonyl (C=O) groups is 3. The summed E-state index contributed by atoms with van der Waals surface area (Å²) in [6.45, 7) is 1.82. The zero-order valence-electron chi connectivity index (χ0n) is 17.5. The number of methoxy groups -OCH3 is 1. The van der Waals surface area contributed by atoms with E-state index in [-0.39, 0.29) is 24.0 Å². The summed E-state index contributed by atoms with van der Waals surface area (Å²) in [5.41, 5.74) is -0.369. The summed E-state index contributed by atoms with van der Waals surface area (Å²) in [5.74, 6) is -3.04. The first-order chi connectivity index (χ1) is 14.9. The number of rotatable bonds is 5. The van der Waals surface area contributed by atoms with Gasteiger partial charge in [0.15, 0.2) is 17.0 Å². The van der Waals surface area contributed by atoms with Crippen LogP contribution in [0.3, 0.4) is 0 Å². The predicted molar refractivity (Wildman–Crippen MR) is 110 cm³/mol. The van der Waals surface area contributed by atoms with E-state index >= 15 is 0 Å². The van der Waals surface area contributed by atoms with Crippen LogP contribution in [0.1, 0.15) is 24.1 Å². The van der Waals surface area contributed by atoms with Crippen molar-refractivity contribution < 1.29 is 29.0 Å². The number of hydrogen-bond acceptors (Lipinski definition) is 7. The maximum absolute atomic E-state index is 13.4. The minimum atomic E-state index is -1.53. The molecule has 8 heteroatoms. The SMILES string of the molecule is CCOC(=O)C1(c2ccccc2)NC(c2ccc(O)c(OC)c2)C2C(=O)N(C)C(=O)C21. The standard InChI is InChI=1S/C23H24N2O6/c1-4-31-22(29)23(14-8-6-5-7-9-14)18-17(20(27)25(2)21(18)28)19(24-23)13-10-11-15(26)16(12-13)30-3/h5-12,17-19,24,26H,4H2,1-3H3. The van der Waals surface area contributed by atoms with Crippen molar-refractivity contribution in [2.45, 2.75) is 18.5 Å². The number of amides is 2. The van der Waals surface area contributed by atoms with Crippen LogP contribution in [0.2, 0.25) is 0 Å². The first-order valence-corrected chi connectivity index (χ1v) is 10.1. The maximum atomic E-state index is 13.4. The molecular formula is C23H24N2O6. The van der Waals surface area contributed by atoms with Crippen LogP contribution in [0, 0.1) is 11.8 Å². The van der Waals surface area contributed by atoms with Crippen molar-refractivity contribution in [2.75, 3.05) is 20.8 Å². The molecule has 0 aliphatic carbocycles. The number of aromatic hydroxyl groups is 1. The second-order valence-corrected chi connectivity index (χ2v) is 7.69. The highest BCUT2D eigenvalue weighted by Crippen LogP contribution is 2.53. The number of hydrogen-bond donors (Lipinski definition) is 2. The molecule has 2 aliphatic rings. The van der Waals surface area contributed by atoms with Gasteiger partial charge < -0.3 is 14.6 Å². The molecule has 2 aromatic carbocycles. The Kier molecular flexibility index (Phi) is 5.18. The molecule has 2 heterocycles. The fourth-order valence-corrected chi connectivity index (χ4v) is 4.74. The van der Waals surface area contributed by atoms with E-state index in [1.54, 1.807) is 43.3 Å². The molecule has 2 fully saturated rings. The Balaban J connectivity index is 1.93. The van der Waals surface area contributed by atoms with Crippen LogP contribution in [0.4, 0.5) is 0 Å². The fraction of sp³-hybridized carbons (Fsp3) is 0.348. The van der Waals surface area contributed by atoms with Crippen LogP contribution in [0.5, 0.6) is 11.5 Å². The van der Waals surface area contributed by atoms with E-state index < -0.39 is 35.3 Å². The number of imide groups is 1. The number of fused-ring (bicyclic) bond motifs is 1. The van der Waals surface area contributed by atoms with Gasteiger partial charge in [-0.1, -0.05) is 36.4 Å². The molecule has 0 aromatic heterocycles. The van der Waals surface area contributed by atoms with E-state index in [0.29, 0.717) is 11.1 Å². The van der Waals surface area contributed by atoms with Gasteiger partial charge in [0.25, 0.3) is 0 Å². The van der Waals surface area contributed by atoms with Crippen molar-refractivity contribution in [1.29, 1.82) is 0 Å². The average molecular weight is 424 g/mol. The van der Waals surface area contributed by atoms with Crippen molar-refractivity contribution in [3.8, 4) is 11.5 Å². The highest BCUT2D eigenvalue weighted by Gasteiger charge is 2.69. The quantitative estimate of drug-likeness (QED) is 0.556. The summed E-state index contributed by atoms with van der Waals surface area (Å²) in [5, 5.41) is 13.3. The second kappa shape index (κ2) is 7.70. The summed E-state index contributed by atoms with van der Waals surface area (Å²) >= 11 is 0. The number of benzene rings is 2. The Bertz CT molecular complexity index is 1040. The van der Waals surface area contributed by atoms with E-state index in [1.807, 2.05) is 6.07 Å². The summed E-state index contributed by atoms with van der Waals surface area (Å²) in [6.07, 6.45) is 0. The van der Waals surface area contributed by atoms with Crippen LogP contribution in [-0.4, -0.2) is 48.6 Å². The van der Waals surface area contributed by atoms with Crippen molar-refractivity contribution in [2.24, 2.45) is 11.8 Å². The molecule has 31 heavy (non-hydrogen) atoms. The van der Waals surface area contributed by atoms with Crippen molar-refractivity contribution >= 4 is 17.8 Å². The lowest BCUT2D eigenvalue weighted by Gasteiger charge is -2.33. The Morgan fingerprint density at radius 3 is 2.52 bits per heavy atom. The van der Waals surface area contributed by atoms with Gasteiger partial charge in [0.05, 0.1) is 25.6 Å². The van der Waals surface area contributed by atoms with Gasteiger partial charge in [0, 0.05) is 13.1 Å². The lowest BCUT2D eigenvalue weighted by atomic mass is 9.75. The summed E-state index contributed by atoms with van der Waals surface area (Å²) in [4.78, 5) is 40.8. The number of nitrogens with one attached hydrogen (secondary N) is 1. The largest absolute Gasteiger partial charge is 0.504 e. The van der Waals surface area contributed by atoms with Crippen LogP contribution < -0.4 is 10.1 Å². The second-order valence-electron chi connectivity index (χ2n) is 7.69. The molecule has 0 saturated carbocycles. The first-order valence-electron chi connectivity index (χ1n) is 10.1. The molecule has 0 radical (unpaired) electrons. The minimum Gasteiger partial charge on any atom is -0.504 e. The third-order valence-corrected chi connectivity index (χ3v) is 6.17. The number of nitrogens with zero attached hydrogens (tertiary/aromatic N) is 1. The lowest BCUT2D eigenvalue weighted by molar-refractivity contribution is -0.156. The zero-order chi connectivity index (χ0) is 22.3. The molecular weight excluding hydrogens is 400 g/mol. The van der Waals surface area contributed by atoms with Crippen LogP contribution >= 0.6 is 0 Å². The Labute approximate surface area is 179 Å². The number of ether oxygens (including phenoxy) is 2. The van der Waals surface area contributed by atoms with E-state index in [2.05, 4.69) is 5.32 Å². The van der Waals surface area contributed by atoms with E-state index in [1.165, 1.54) is 20.2 Å². The summed E-state index contributed by atoms with van der Waals surface area (Å²) < 4.78 is 10.6. The molecule has 2 amide bonds. The number of phenols is 1. The maximum Gasteiger partial charge on any atom is 0.331 e. The Morgan fingerprint density at radius 1 is 1.16 bits per heavy atom. The number of carbonyl (C=O) groups excluding carboxylic acids is 3. The molecule has 8 nitrogen and oxygen atoms in total. The molecule has 0 spiro atoms. The van der Waals surface area contributed by atoms with Gasteiger partial charge >= 0.3 is 5.97 Å². The predicted octanol–water partition coefficient (Wildman–Crippen LogP) is 1.73. The van der Waals surface area contributed by atoms with Gasteiger partial charge in [-0.3, -0.25) is 19.8 Å². The van der Waals surface area contributed by atoms with E-state index in [9.17, 15) is 19.5 Å². The molecule has 4 rings (SSSR count). The minimum absolute atomic E-state index is 0.0496.